The second kappa shape index (κ2) is 20.4. The smallest absolute Gasteiger partial charge is 0.330 e. The molecule has 0 spiro atoms. The molecular formula is C44H48N5O12PS2. The van der Waals surface area contributed by atoms with E-state index in [9.17, 15) is 29.5 Å². The normalized spacial score (nSPS) is 21.9. The van der Waals surface area contributed by atoms with Crippen molar-refractivity contribution in [1.29, 1.82) is 5.26 Å². The average molecular weight is 934 g/mol. The van der Waals surface area contributed by atoms with E-state index in [1.54, 1.807) is 28.1 Å². The largest absolute Gasteiger partial charge is 0.497 e. The van der Waals surface area contributed by atoms with Crippen LogP contribution in [0.3, 0.4) is 0 Å². The van der Waals surface area contributed by atoms with E-state index >= 15 is 0 Å². The predicted octanol–water partition coefficient (Wildman–Crippen LogP) is 4.94. The Labute approximate surface area is 376 Å². The van der Waals surface area contributed by atoms with Crippen molar-refractivity contribution >= 4 is 28.9 Å². The third kappa shape index (κ3) is 10.2. The molecule has 17 nitrogen and oxygen atoms in total. The number of hydrogen-bond acceptors (Lipinski definition) is 15. The van der Waals surface area contributed by atoms with E-state index in [-0.39, 0.29) is 43.8 Å². The molecular weight excluding hydrogens is 886 g/mol. The zero-order valence-corrected chi connectivity index (χ0v) is 37.9. The van der Waals surface area contributed by atoms with Gasteiger partial charge in [-0.15, -0.1) is 0 Å². The van der Waals surface area contributed by atoms with Crippen molar-refractivity contribution < 1.29 is 37.8 Å². The number of aryl methyl sites for hydroxylation is 2. The molecule has 3 aromatic carbocycles. The molecule has 2 saturated heterocycles. The SMILES string of the molecule is COc1ccc(C(OCC2OC(n3cc(C)c(=O)[nH]c3=O)CC2OP(=S)(OCCC#N)SCC2OC(n3cc(C)c(=O)[nH]c3=O)CC2O)(c2ccccc2)c2ccc(OC)cc2)cc1. The second-order valence-corrected chi connectivity index (χ2v) is 21.5. The topological polar surface area (TPSA) is 218 Å². The molecule has 64 heavy (non-hydrogen) atoms. The lowest BCUT2D eigenvalue weighted by molar-refractivity contribution is -0.0915. The Morgan fingerprint density at radius 1 is 0.812 bits per heavy atom. The Kier molecular flexibility index (Phi) is 14.9. The number of hydrogen-bond donors (Lipinski definition) is 3. The number of aromatic amines is 2. The summed E-state index contributed by atoms with van der Waals surface area (Å²) in [7, 11) is 3.18. The zero-order valence-electron chi connectivity index (χ0n) is 35.4. The van der Waals surface area contributed by atoms with Gasteiger partial charge in [-0.3, -0.25) is 28.7 Å². The van der Waals surface area contributed by atoms with E-state index in [4.69, 9.17) is 44.5 Å². The zero-order chi connectivity index (χ0) is 45.6. The van der Waals surface area contributed by atoms with Crippen molar-refractivity contribution in [3.8, 4) is 17.6 Å². The Bertz CT molecular complexity index is 2690. The van der Waals surface area contributed by atoms with Gasteiger partial charge >= 0.3 is 11.4 Å². The van der Waals surface area contributed by atoms with Gasteiger partial charge in [0.15, 0.2) is 0 Å². The predicted molar refractivity (Wildman–Crippen MR) is 241 cm³/mol. The van der Waals surface area contributed by atoms with Crippen molar-refractivity contribution in [2.24, 2.45) is 0 Å². The van der Waals surface area contributed by atoms with Crippen LogP contribution in [0.4, 0.5) is 0 Å². The molecule has 20 heteroatoms. The van der Waals surface area contributed by atoms with Crippen molar-refractivity contribution in [1.82, 2.24) is 19.1 Å². The standard InChI is InChI=1S/C44H48N5O12PS2/c1-27-23-48(42(53)46-40(27)51)38-21-34(50)37(60-38)26-64-62(63,58-20-8-19-45)61-35-22-39(49-24-28(2)41(52)47-43(49)54)59-36(35)25-57-44(29-9-6-5-7-10-29,30-11-15-32(55-3)16-12-30)31-13-17-33(56-4)18-14-31/h5-7,9-18,23-24,34-39,50H,8,20-22,25-26H2,1-4H3,(H,46,51,53)(H,47,52,54). The Balaban J connectivity index is 1.23. The summed E-state index contributed by atoms with van der Waals surface area (Å²) in [5.41, 5.74) is -4.22. The fourth-order valence-electron chi connectivity index (χ4n) is 7.68. The number of nitriles is 1. The van der Waals surface area contributed by atoms with Crippen molar-refractivity contribution in [3.05, 3.63) is 161 Å². The lowest BCUT2D eigenvalue weighted by atomic mass is 9.80. The summed E-state index contributed by atoms with van der Waals surface area (Å²) in [6.45, 7) is 2.95. The van der Waals surface area contributed by atoms with Gasteiger partial charge in [-0.05, 0) is 66.6 Å². The van der Waals surface area contributed by atoms with E-state index in [0.29, 0.717) is 17.1 Å². The number of methoxy groups -OCH3 is 2. The molecule has 0 aliphatic carbocycles. The van der Waals surface area contributed by atoms with Gasteiger partial charge in [-0.25, -0.2) is 9.59 Å². The Morgan fingerprint density at radius 3 is 1.86 bits per heavy atom. The van der Waals surface area contributed by atoms with Crippen LogP contribution in [0, 0.1) is 25.2 Å². The van der Waals surface area contributed by atoms with Crippen molar-refractivity contribution in [3.63, 3.8) is 0 Å². The second-order valence-electron chi connectivity index (χ2n) is 15.2. The van der Waals surface area contributed by atoms with Gasteiger partial charge in [-0.2, -0.15) is 5.26 Å². The summed E-state index contributed by atoms with van der Waals surface area (Å²) in [4.78, 5) is 55.0. The quantitative estimate of drug-likeness (QED) is 0.0603. The monoisotopic (exact) mass is 933 g/mol. The first-order valence-corrected chi connectivity index (χ1v) is 24.6. The number of aromatic nitrogens is 4. The molecule has 2 aliphatic heterocycles. The van der Waals surface area contributed by atoms with Crippen molar-refractivity contribution in [2.75, 3.05) is 33.2 Å². The first-order valence-electron chi connectivity index (χ1n) is 20.3. The van der Waals surface area contributed by atoms with Gasteiger partial charge in [0, 0.05) is 42.1 Å². The van der Waals surface area contributed by atoms with Gasteiger partial charge in [-0.1, -0.05) is 66.0 Å². The molecule has 0 amide bonds. The van der Waals surface area contributed by atoms with Crippen LogP contribution in [-0.2, 0) is 40.7 Å². The molecule has 0 radical (unpaired) electrons. The van der Waals surface area contributed by atoms with Crippen LogP contribution in [0.5, 0.6) is 11.5 Å². The number of aliphatic hydroxyl groups excluding tert-OH is 1. The molecule has 338 valence electrons. The highest BCUT2D eigenvalue weighted by atomic mass is 32.9. The first kappa shape index (κ1) is 46.9. The Morgan fingerprint density at radius 2 is 1.33 bits per heavy atom. The minimum atomic E-state index is -3.45. The van der Waals surface area contributed by atoms with Gasteiger partial charge < -0.3 is 37.8 Å². The fourth-order valence-corrected chi connectivity index (χ4v) is 12.4. The van der Waals surface area contributed by atoms with Gasteiger partial charge in [0.05, 0.1) is 58.2 Å². The van der Waals surface area contributed by atoms with E-state index in [1.807, 2.05) is 78.9 Å². The van der Waals surface area contributed by atoms with E-state index < -0.39 is 70.7 Å². The highest BCUT2D eigenvalue weighted by Crippen LogP contribution is 2.64. The van der Waals surface area contributed by atoms with Crippen LogP contribution in [0.1, 0.15) is 59.5 Å². The number of rotatable bonds is 18. The highest BCUT2D eigenvalue weighted by molar-refractivity contribution is 8.67. The van der Waals surface area contributed by atoms with E-state index in [0.717, 1.165) is 28.1 Å². The third-order valence-corrected chi connectivity index (χ3v) is 16.4. The lowest BCUT2D eigenvalue weighted by Gasteiger charge is -2.37. The number of nitrogens with one attached hydrogen (secondary N) is 2. The highest BCUT2D eigenvalue weighted by Gasteiger charge is 2.46. The van der Waals surface area contributed by atoms with Gasteiger partial charge in [0.1, 0.15) is 35.7 Å². The summed E-state index contributed by atoms with van der Waals surface area (Å²) in [6.07, 6.45) is -2.48. The minimum Gasteiger partial charge on any atom is -0.497 e. The van der Waals surface area contributed by atoms with Crippen LogP contribution >= 0.6 is 17.1 Å². The molecule has 7 rings (SSSR count). The first-order chi connectivity index (χ1) is 30.8. The molecule has 2 aliphatic rings. The van der Waals surface area contributed by atoms with Crippen LogP contribution in [-0.4, -0.2) is 81.8 Å². The fraction of sp³-hybridized carbons (Fsp3) is 0.386. The van der Waals surface area contributed by atoms with Crippen LogP contribution in [0.15, 0.2) is 110 Å². The summed E-state index contributed by atoms with van der Waals surface area (Å²) in [5.74, 6) is 1.36. The van der Waals surface area contributed by atoms with Gasteiger partial charge in [0.2, 0.25) is 5.69 Å². The number of ether oxygens (including phenoxy) is 5. The molecule has 3 N–H and O–H groups in total. The lowest BCUT2D eigenvalue weighted by Crippen LogP contribution is -2.38. The molecule has 4 heterocycles. The molecule has 5 aromatic rings. The number of benzene rings is 3. The maximum Gasteiger partial charge on any atom is 0.330 e. The summed E-state index contributed by atoms with van der Waals surface area (Å²) >= 11 is 7.26. The summed E-state index contributed by atoms with van der Waals surface area (Å²) in [6, 6.07) is 26.8. The summed E-state index contributed by atoms with van der Waals surface area (Å²) < 4.78 is 46.5. The molecule has 2 aromatic heterocycles. The third-order valence-electron chi connectivity index (χ3n) is 11.1. The van der Waals surface area contributed by atoms with Gasteiger partial charge in [0.25, 0.3) is 11.1 Å². The van der Waals surface area contributed by atoms with Crippen LogP contribution in [0.25, 0.3) is 0 Å². The maximum absolute atomic E-state index is 13.3. The average Bonchev–Trinajstić information content (AvgIpc) is 3.88. The minimum absolute atomic E-state index is 0.00706. The van der Waals surface area contributed by atoms with Crippen LogP contribution in [0.2, 0.25) is 0 Å². The van der Waals surface area contributed by atoms with E-state index in [2.05, 4.69) is 16.0 Å². The molecule has 0 saturated carbocycles. The summed E-state index contributed by atoms with van der Waals surface area (Å²) in [5, 5.41) is 20.5. The number of H-pyrrole nitrogens is 2. The molecule has 2 fully saturated rings. The van der Waals surface area contributed by atoms with Crippen LogP contribution < -0.4 is 32.0 Å². The van der Waals surface area contributed by atoms with E-state index in [1.165, 1.54) is 21.5 Å². The molecule has 7 unspecified atom stereocenters. The molecule has 7 atom stereocenters. The molecule has 0 bridgehead atoms. The Hall–Kier alpha value is -5.13. The number of nitrogens with zero attached hydrogens (tertiary/aromatic N) is 3. The number of aliphatic hydroxyl groups is 1. The maximum atomic E-state index is 13.3. The van der Waals surface area contributed by atoms with Crippen molar-refractivity contribution in [2.45, 2.75) is 75.6 Å².